The van der Waals surface area contributed by atoms with Crippen molar-refractivity contribution >= 4 is 0 Å². The molecule has 0 N–H and O–H groups in total. The maximum Gasteiger partial charge on any atom is 0.122 e. The van der Waals surface area contributed by atoms with Gasteiger partial charge in [-0.15, -0.1) is 0 Å². The largest absolute Gasteiger partial charge is 0.633 e. The van der Waals surface area contributed by atoms with E-state index in [9.17, 15) is 0 Å². The Hall–Kier alpha value is 0.390. The van der Waals surface area contributed by atoms with Crippen LogP contribution in [0.15, 0.2) is 12.3 Å². The molecule has 0 aromatic heterocycles. The number of halogens is 1. The molecule has 0 fully saturated rings. The van der Waals surface area contributed by atoms with Gasteiger partial charge in [0.1, 0.15) is 5.70 Å². The summed E-state index contributed by atoms with van der Waals surface area (Å²) in [7, 11) is 4.27. The van der Waals surface area contributed by atoms with Gasteiger partial charge in [0, 0.05) is 13.0 Å². The van der Waals surface area contributed by atoms with Gasteiger partial charge in [0.25, 0.3) is 0 Å². The summed E-state index contributed by atoms with van der Waals surface area (Å²) in [6.07, 6.45) is 0. The van der Waals surface area contributed by atoms with E-state index in [0.29, 0.717) is 5.92 Å². The van der Waals surface area contributed by atoms with Gasteiger partial charge in [0.05, 0.1) is 13.6 Å². The zero-order valence-electron chi connectivity index (χ0n) is 8.76. The predicted molar refractivity (Wildman–Crippen MR) is 48.5 cm³/mol. The van der Waals surface area contributed by atoms with Crippen LogP contribution in [0.5, 0.6) is 0 Å². The second-order valence-corrected chi connectivity index (χ2v) is 4.94. The third-order valence-corrected chi connectivity index (χ3v) is 3.46. The van der Waals surface area contributed by atoms with Crippen LogP contribution in [0, 0.1) is 5.92 Å². The van der Waals surface area contributed by atoms with Crippen LogP contribution < -0.4 is 22.9 Å². The van der Waals surface area contributed by atoms with E-state index < -0.39 is 0 Å². The van der Waals surface area contributed by atoms with Crippen LogP contribution in [0.25, 0.3) is 0 Å². The fourth-order valence-corrected chi connectivity index (χ4v) is 1.71. The SMILES string of the molecule is C=C(C(C)C)[N+](C)(CC)N(C)[I-]. The van der Waals surface area contributed by atoms with Crippen LogP contribution in [-0.4, -0.2) is 28.5 Å². The highest BCUT2D eigenvalue weighted by Gasteiger charge is 2.25. The summed E-state index contributed by atoms with van der Waals surface area (Å²) in [5.74, 6) is 0.534. The van der Waals surface area contributed by atoms with Gasteiger partial charge in [0.15, 0.2) is 0 Å². The van der Waals surface area contributed by atoms with E-state index in [4.69, 9.17) is 0 Å². The molecule has 0 saturated carbocycles. The van der Waals surface area contributed by atoms with E-state index in [1.165, 1.54) is 5.70 Å². The molecule has 0 spiro atoms. The first kappa shape index (κ1) is 12.4. The van der Waals surface area contributed by atoms with E-state index >= 15 is 0 Å². The van der Waals surface area contributed by atoms with E-state index in [1.807, 2.05) is 0 Å². The molecule has 0 amide bonds. The molecule has 73 valence electrons. The highest BCUT2D eigenvalue weighted by atomic mass is 127. The Morgan fingerprint density at radius 2 is 2.00 bits per heavy atom. The summed E-state index contributed by atoms with van der Waals surface area (Å²) < 4.78 is 2.98. The van der Waals surface area contributed by atoms with Crippen molar-refractivity contribution < 1.29 is 27.5 Å². The minimum atomic E-state index is 0.534. The molecule has 0 heterocycles. The molecular weight excluding hydrogens is 263 g/mol. The zero-order valence-corrected chi connectivity index (χ0v) is 10.9. The van der Waals surface area contributed by atoms with Crippen molar-refractivity contribution in [3.05, 3.63) is 12.3 Å². The summed E-state index contributed by atoms with van der Waals surface area (Å²) in [5, 5.41) is 0. The molecule has 0 bridgehead atoms. The Bertz CT molecular complexity index is 166. The lowest BCUT2D eigenvalue weighted by atomic mass is 10.1. The van der Waals surface area contributed by atoms with Crippen molar-refractivity contribution in [2.45, 2.75) is 20.8 Å². The van der Waals surface area contributed by atoms with Gasteiger partial charge in [-0.25, -0.2) is 4.59 Å². The normalized spacial score (nSPS) is 16.7. The first-order valence-electron chi connectivity index (χ1n) is 4.31. The van der Waals surface area contributed by atoms with Gasteiger partial charge in [-0.3, -0.25) is 3.22 Å². The minimum Gasteiger partial charge on any atom is -0.633 e. The number of allylic oxidation sites excluding steroid dienone is 1. The third-order valence-electron chi connectivity index (χ3n) is 2.51. The molecule has 0 aliphatic carbocycles. The van der Waals surface area contributed by atoms with E-state index in [2.05, 4.69) is 67.5 Å². The fraction of sp³-hybridized carbons (Fsp3) is 0.778. The highest BCUT2D eigenvalue weighted by molar-refractivity contribution is 4.85. The Balaban J connectivity index is 4.64. The maximum atomic E-state index is 4.14. The molecule has 1 radical (unpaired) electrons. The van der Waals surface area contributed by atoms with Gasteiger partial charge in [0.2, 0.25) is 0 Å². The number of rotatable bonds is 4. The second-order valence-electron chi connectivity index (χ2n) is 3.55. The van der Waals surface area contributed by atoms with Crippen molar-refractivity contribution in [2.24, 2.45) is 5.92 Å². The second kappa shape index (κ2) is 4.58. The smallest absolute Gasteiger partial charge is 0.122 e. The number of hydrogen-bond donors (Lipinski definition) is 0. The number of nitrogens with zero attached hydrogens (tertiary/aromatic N) is 2. The van der Waals surface area contributed by atoms with Crippen molar-refractivity contribution in [2.75, 3.05) is 20.6 Å². The van der Waals surface area contributed by atoms with Crippen LogP contribution in [0.1, 0.15) is 20.8 Å². The molecule has 12 heavy (non-hydrogen) atoms. The summed E-state index contributed by atoms with van der Waals surface area (Å²) in [6.45, 7) is 11.8. The highest BCUT2D eigenvalue weighted by Crippen LogP contribution is 2.19. The minimum absolute atomic E-state index is 0.534. The molecule has 2 nitrogen and oxygen atoms in total. The van der Waals surface area contributed by atoms with Crippen molar-refractivity contribution in [3.8, 4) is 0 Å². The molecule has 1 atom stereocenters. The van der Waals surface area contributed by atoms with Crippen LogP contribution in [0.4, 0.5) is 0 Å². The first-order valence-corrected chi connectivity index (χ1v) is 5.27. The zero-order chi connectivity index (χ0) is 9.94. The summed E-state index contributed by atoms with van der Waals surface area (Å²) >= 11 is 2.31. The number of hydrogen-bond acceptors (Lipinski definition) is 1. The van der Waals surface area contributed by atoms with Crippen molar-refractivity contribution in [1.82, 2.24) is 3.22 Å². The first-order chi connectivity index (χ1) is 5.36. The van der Waals surface area contributed by atoms with Gasteiger partial charge in [-0.1, -0.05) is 13.8 Å². The van der Waals surface area contributed by atoms with E-state index in [-0.39, 0.29) is 0 Å². The summed E-state index contributed by atoms with van der Waals surface area (Å²) in [6, 6.07) is 0. The molecule has 0 aliphatic heterocycles. The summed E-state index contributed by atoms with van der Waals surface area (Å²) in [4.78, 5) is 0. The van der Waals surface area contributed by atoms with Gasteiger partial charge < -0.3 is 22.9 Å². The Morgan fingerprint density at radius 1 is 1.58 bits per heavy atom. The molecule has 3 heteroatoms. The van der Waals surface area contributed by atoms with Gasteiger partial charge in [-0.2, -0.15) is 0 Å². The van der Waals surface area contributed by atoms with Crippen LogP contribution >= 0.6 is 0 Å². The fourth-order valence-electron chi connectivity index (χ4n) is 1.13. The molecule has 0 aliphatic rings. The van der Waals surface area contributed by atoms with E-state index in [1.54, 1.807) is 0 Å². The number of quaternary nitrogens is 1. The van der Waals surface area contributed by atoms with Crippen LogP contribution in [0.3, 0.4) is 0 Å². The van der Waals surface area contributed by atoms with Gasteiger partial charge >= 0.3 is 0 Å². The topological polar surface area (TPSA) is 3.24 Å². The predicted octanol–water partition coefficient (Wildman–Crippen LogP) is -1.06. The average Bonchev–Trinajstić information content (AvgIpc) is 2.01. The standard InChI is InChI=1S/C9H20IN2/c1-7-12(6,11(5)10)9(4)8(2)3/h8H,4,7H2,1-3,5-6H3. The van der Waals surface area contributed by atoms with Crippen molar-refractivity contribution in [3.63, 3.8) is 0 Å². The Kier molecular flexibility index (Phi) is 4.73. The molecular formula is C9H20IN2. The molecule has 1 unspecified atom stereocenters. The molecule has 0 saturated heterocycles. The van der Waals surface area contributed by atoms with Gasteiger partial charge in [-0.05, 0) is 13.5 Å². The lowest BCUT2D eigenvalue weighted by Gasteiger charge is -2.47. The lowest BCUT2D eigenvalue weighted by Crippen LogP contribution is -3.43. The third kappa shape index (κ3) is 2.44. The molecule has 0 rings (SSSR count). The Morgan fingerprint density at radius 3 is 2.08 bits per heavy atom. The summed E-state index contributed by atoms with van der Waals surface area (Å²) in [5.41, 5.74) is 1.26. The molecule has 0 aromatic rings. The average molecular weight is 283 g/mol. The van der Waals surface area contributed by atoms with E-state index in [0.717, 1.165) is 11.1 Å². The lowest BCUT2D eigenvalue weighted by molar-refractivity contribution is -1.09. The van der Waals surface area contributed by atoms with Crippen LogP contribution in [-0.2, 0) is 0 Å². The van der Waals surface area contributed by atoms with Crippen molar-refractivity contribution in [1.29, 1.82) is 0 Å². The quantitative estimate of drug-likeness (QED) is 0.275. The van der Waals surface area contributed by atoms with Crippen LogP contribution in [0.2, 0.25) is 0 Å². The molecule has 0 aromatic carbocycles. The Labute approximate surface area is 90.3 Å². The maximum absolute atomic E-state index is 4.14. The monoisotopic (exact) mass is 283 g/mol.